The summed E-state index contributed by atoms with van der Waals surface area (Å²) < 4.78 is 5.77. The van der Waals surface area contributed by atoms with Gasteiger partial charge in [0.2, 0.25) is 0 Å². The van der Waals surface area contributed by atoms with Crippen molar-refractivity contribution in [3.8, 4) is 5.75 Å². The summed E-state index contributed by atoms with van der Waals surface area (Å²) in [5, 5.41) is 2.82. The predicted octanol–water partition coefficient (Wildman–Crippen LogP) is 2.25. The molecule has 144 valence electrons. The van der Waals surface area contributed by atoms with Gasteiger partial charge in [0.25, 0.3) is 5.91 Å². The summed E-state index contributed by atoms with van der Waals surface area (Å²) in [6, 6.07) is 7.62. The van der Waals surface area contributed by atoms with Crippen molar-refractivity contribution >= 4 is 17.5 Å². The van der Waals surface area contributed by atoms with E-state index in [1.165, 1.54) is 11.9 Å². The number of hydrogen-bond acceptors (Lipinski definition) is 6. The summed E-state index contributed by atoms with van der Waals surface area (Å²) >= 11 is 0. The summed E-state index contributed by atoms with van der Waals surface area (Å²) in [5.74, 6) is 1.76. The minimum atomic E-state index is -0.630. The molecule has 0 spiro atoms. The highest BCUT2D eigenvalue weighted by atomic mass is 16.5. The third-order valence-corrected chi connectivity index (χ3v) is 4.89. The molecule has 7 nitrogen and oxygen atoms in total. The van der Waals surface area contributed by atoms with Gasteiger partial charge in [-0.15, -0.1) is 0 Å². The van der Waals surface area contributed by atoms with E-state index in [9.17, 15) is 4.79 Å². The molecule has 1 aliphatic heterocycles. The Balaban J connectivity index is 1.61. The quantitative estimate of drug-likeness (QED) is 0.872. The highest BCUT2D eigenvalue weighted by Gasteiger charge is 2.18. The van der Waals surface area contributed by atoms with E-state index in [2.05, 4.69) is 32.1 Å². The fourth-order valence-corrected chi connectivity index (χ4v) is 2.90. The molecule has 2 aromatic rings. The summed E-state index contributed by atoms with van der Waals surface area (Å²) in [5.41, 5.74) is 2.32. The lowest BCUT2D eigenvalue weighted by Gasteiger charge is -2.33. The van der Waals surface area contributed by atoms with Crippen LogP contribution in [-0.4, -0.2) is 60.1 Å². The maximum absolute atomic E-state index is 12.5. The maximum Gasteiger partial charge on any atom is 0.266 e. The molecule has 2 heterocycles. The molecule has 7 heteroatoms. The topological polar surface area (TPSA) is 70.6 Å². The van der Waals surface area contributed by atoms with E-state index in [1.807, 2.05) is 38.1 Å². The van der Waals surface area contributed by atoms with Gasteiger partial charge in [-0.1, -0.05) is 6.07 Å². The average Bonchev–Trinajstić information content (AvgIpc) is 2.65. The lowest BCUT2D eigenvalue weighted by atomic mass is 10.1. The summed E-state index contributed by atoms with van der Waals surface area (Å²) in [6.45, 7) is 9.60. The molecule has 0 aliphatic carbocycles. The fourth-order valence-electron chi connectivity index (χ4n) is 2.90. The number of nitrogens with zero attached hydrogens (tertiary/aromatic N) is 4. The zero-order chi connectivity index (χ0) is 19.4. The van der Waals surface area contributed by atoms with Gasteiger partial charge < -0.3 is 19.9 Å². The number of rotatable bonds is 5. The van der Waals surface area contributed by atoms with Crippen molar-refractivity contribution in [2.24, 2.45) is 0 Å². The lowest BCUT2D eigenvalue weighted by Crippen LogP contribution is -2.44. The van der Waals surface area contributed by atoms with Gasteiger partial charge in [-0.05, 0) is 51.1 Å². The first-order valence-corrected chi connectivity index (χ1v) is 9.22. The van der Waals surface area contributed by atoms with Crippen LogP contribution in [0.25, 0.3) is 0 Å². The number of carbonyl (C=O) groups excluding carboxylic acids is 1. The molecule has 27 heavy (non-hydrogen) atoms. The predicted molar refractivity (Wildman–Crippen MR) is 106 cm³/mol. The van der Waals surface area contributed by atoms with Crippen LogP contribution in [0.15, 0.2) is 30.6 Å². The number of piperazine rings is 1. The number of anilines is 2. The van der Waals surface area contributed by atoms with Gasteiger partial charge in [-0.2, -0.15) is 0 Å². The number of hydrogen-bond donors (Lipinski definition) is 1. The minimum Gasteiger partial charge on any atom is -0.481 e. The normalized spacial score (nSPS) is 16.1. The van der Waals surface area contributed by atoms with E-state index in [0.717, 1.165) is 37.6 Å². The monoisotopic (exact) mass is 369 g/mol. The van der Waals surface area contributed by atoms with Crippen molar-refractivity contribution in [2.75, 3.05) is 43.4 Å². The second kappa shape index (κ2) is 8.35. The summed E-state index contributed by atoms with van der Waals surface area (Å²) in [7, 11) is 2.11. The average molecular weight is 369 g/mol. The first kappa shape index (κ1) is 19.1. The van der Waals surface area contributed by atoms with Crippen LogP contribution in [0.3, 0.4) is 0 Å². The Bertz CT molecular complexity index is 803. The fraction of sp³-hybridized carbons (Fsp3) is 0.450. The maximum atomic E-state index is 12.5. The first-order valence-electron chi connectivity index (χ1n) is 9.22. The van der Waals surface area contributed by atoms with Crippen LogP contribution < -0.4 is 15.0 Å². The zero-order valence-electron chi connectivity index (χ0n) is 16.4. The number of aryl methyl sites for hydroxylation is 2. The van der Waals surface area contributed by atoms with Crippen LogP contribution >= 0.6 is 0 Å². The Hall–Kier alpha value is -2.67. The van der Waals surface area contributed by atoms with E-state index >= 15 is 0 Å². The Morgan fingerprint density at radius 3 is 2.56 bits per heavy atom. The SMILES string of the molecule is Cc1ccc(OC(C)C(=O)Nc2cc(N3CCN(C)CC3)ncn2)cc1C. The number of amides is 1. The van der Waals surface area contributed by atoms with Crippen LogP contribution in [0.1, 0.15) is 18.1 Å². The van der Waals surface area contributed by atoms with Crippen LogP contribution in [0.2, 0.25) is 0 Å². The molecule has 0 radical (unpaired) electrons. The Morgan fingerprint density at radius 2 is 1.85 bits per heavy atom. The molecule has 1 unspecified atom stereocenters. The Morgan fingerprint density at radius 1 is 1.11 bits per heavy atom. The standard InChI is InChI=1S/C20H27N5O2/c1-14-5-6-17(11-15(14)2)27-16(3)20(26)23-18-12-19(22-13-21-18)25-9-7-24(4)8-10-25/h5-6,11-13,16H,7-10H2,1-4H3,(H,21,22,23,26). The van der Waals surface area contributed by atoms with E-state index in [0.29, 0.717) is 11.6 Å². The van der Waals surface area contributed by atoms with Crippen molar-refractivity contribution in [1.29, 1.82) is 0 Å². The van der Waals surface area contributed by atoms with Crippen LogP contribution in [-0.2, 0) is 4.79 Å². The Labute approximate surface area is 160 Å². The molecule has 1 fully saturated rings. The number of nitrogens with one attached hydrogen (secondary N) is 1. The molecule has 1 aromatic heterocycles. The molecule has 0 bridgehead atoms. The number of likely N-dealkylation sites (N-methyl/N-ethyl adjacent to an activating group) is 1. The number of carbonyl (C=O) groups is 1. The number of benzene rings is 1. The van der Waals surface area contributed by atoms with E-state index < -0.39 is 6.10 Å². The molecule has 1 saturated heterocycles. The largest absolute Gasteiger partial charge is 0.481 e. The van der Waals surface area contributed by atoms with Crippen molar-refractivity contribution in [2.45, 2.75) is 26.9 Å². The minimum absolute atomic E-state index is 0.240. The first-order chi connectivity index (χ1) is 12.9. The molecule has 1 amide bonds. The zero-order valence-corrected chi connectivity index (χ0v) is 16.4. The van der Waals surface area contributed by atoms with Gasteiger partial charge >= 0.3 is 0 Å². The number of aromatic nitrogens is 2. The summed E-state index contributed by atoms with van der Waals surface area (Å²) in [6.07, 6.45) is 0.854. The highest BCUT2D eigenvalue weighted by Crippen LogP contribution is 2.19. The van der Waals surface area contributed by atoms with Gasteiger partial charge in [0, 0.05) is 32.2 Å². The van der Waals surface area contributed by atoms with Gasteiger partial charge in [0.05, 0.1) is 0 Å². The second-order valence-electron chi connectivity index (χ2n) is 7.05. The Kier molecular flexibility index (Phi) is 5.91. The van der Waals surface area contributed by atoms with Crippen LogP contribution in [0.4, 0.5) is 11.6 Å². The van der Waals surface area contributed by atoms with Crippen LogP contribution in [0.5, 0.6) is 5.75 Å². The molecular weight excluding hydrogens is 342 g/mol. The summed E-state index contributed by atoms with van der Waals surface area (Å²) in [4.78, 5) is 25.5. The molecule has 1 atom stereocenters. The highest BCUT2D eigenvalue weighted by molar-refractivity contribution is 5.93. The molecule has 3 rings (SSSR count). The van der Waals surface area contributed by atoms with Gasteiger partial charge in [0.1, 0.15) is 23.7 Å². The second-order valence-corrected chi connectivity index (χ2v) is 7.05. The number of ether oxygens (including phenoxy) is 1. The molecule has 1 aliphatic rings. The third-order valence-electron chi connectivity index (χ3n) is 4.89. The van der Waals surface area contributed by atoms with E-state index in [4.69, 9.17) is 4.74 Å². The van der Waals surface area contributed by atoms with Crippen molar-refractivity contribution in [3.05, 3.63) is 41.7 Å². The molecule has 1 N–H and O–H groups in total. The van der Waals surface area contributed by atoms with Crippen molar-refractivity contribution in [1.82, 2.24) is 14.9 Å². The van der Waals surface area contributed by atoms with Gasteiger partial charge in [-0.3, -0.25) is 4.79 Å². The molecule has 1 aromatic carbocycles. The van der Waals surface area contributed by atoms with Gasteiger partial charge in [0.15, 0.2) is 6.10 Å². The smallest absolute Gasteiger partial charge is 0.266 e. The van der Waals surface area contributed by atoms with Crippen LogP contribution in [0, 0.1) is 13.8 Å². The van der Waals surface area contributed by atoms with E-state index in [1.54, 1.807) is 6.92 Å². The molecule has 0 saturated carbocycles. The van der Waals surface area contributed by atoms with Crippen molar-refractivity contribution < 1.29 is 9.53 Å². The third kappa shape index (κ3) is 4.95. The lowest BCUT2D eigenvalue weighted by molar-refractivity contribution is -0.122. The van der Waals surface area contributed by atoms with E-state index in [-0.39, 0.29) is 5.91 Å². The van der Waals surface area contributed by atoms with Crippen molar-refractivity contribution in [3.63, 3.8) is 0 Å². The molecular formula is C20H27N5O2. The van der Waals surface area contributed by atoms with Gasteiger partial charge in [-0.25, -0.2) is 9.97 Å².